The molecule has 3 aromatic rings. The fraction of sp³-hybridized carbons (Fsp3) is 0.235. The van der Waals surface area contributed by atoms with Gasteiger partial charge in [-0.3, -0.25) is 4.40 Å². The first-order valence-corrected chi connectivity index (χ1v) is 7.50. The number of ether oxygens (including phenoxy) is 1. The van der Waals surface area contributed by atoms with Gasteiger partial charge in [-0.25, -0.2) is 4.98 Å². The summed E-state index contributed by atoms with van der Waals surface area (Å²) in [7, 11) is 0. The molecule has 0 aliphatic carbocycles. The quantitative estimate of drug-likeness (QED) is 0.669. The topological polar surface area (TPSA) is 26.5 Å². The van der Waals surface area contributed by atoms with Crippen LogP contribution in [-0.2, 0) is 0 Å². The second-order valence-electron chi connectivity index (χ2n) is 4.97. The molecule has 4 heteroatoms. The molecule has 0 amide bonds. The first-order chi connectivity index (χ1) is 10.3. The normalized spacial score (nSPS) is 12.5. The zero-order valence-electron chi connectivity index (χ0n) is 11.9. The lowest BCUT2D eigenvalue weighted by Gasteiger charge is -2.20. The summed E-state index contributed by atoms with van der Waals surface area (Å²) in [5, 5.41) is 0.631. The fourth-order valence-electron chi connectivity index (χ4n) is 2.42. The summed E-state index contributed by atoms with van der Waals surface area (Å²) in [4.78, 5) is 4.26. The maximum absolute atomic E-state index is 6.23. The molecule has 0 aliphatic rings. The van der Waals surface area contributed by atoms with Gasteiger partial charge in [-0.1, -0.05) is 55.3 Å². The van der Waals surface area contributed by atoms with Crippen molar-refractivity contribution in [2.24, 2.45) is 0 Å². The molecular formula is C17H17ClN2O. The number of nitrogens with zero attached hydrogens (tertiary/aromatic N) is 2. The van der Waals surface area contributed by atoms with Crippen LogP contribution in [0.25, 0.3) is 5.65 Å². The predicted octanol–water partition coefficient (Wildman–Crippen LogP) is 4.91. The Labute approximate surface area is 129 Å². The Morgan fingerprint density at radius 2 is 2.05 bits per heavy atom. The summed E-state index contributed by atoms with van der Waals surface area (Å²) < 4.78 is 8.15. The fourth-order valence-corrected chi connectivity index (χ4v) is 2.61. The third kappa shape index (κ3) is 3.03. The summed E-state index contributed by atoms with van der Waals surface area (Å²) in [6.07, 6.45) is 5.64. The number of hydrogen-bond acceptors (Lipinski definition) is 2. The van der Waals surface area contributed by atoms with Gasteiger partial charge >= 0.3 is 0 Å². The summed E-state index contributed by atoms with van der Waals surface area (Å²) in [5.74, 6) is 0.720. The van der Waals surface area contributed by atoms with E-state index in [1.54, 1.807) is 6.20 Å². The highest BCUT2D eigenvalue weighted by Gasteiger charge is 2.14. The minimum Gasteiger partial charge on any atom is -0.470 e. The molecule has 3 rings (SSSR count). The standard InChI is InChI=1S/C17H17ClN2O/c1-2-6-15(13-7-4-3-5-8-13)21-17-12-14(18)11-16-19-9-10-20(16)17/h3-5,7-12,15H,2,6H2,1H3/t15-/m1/s1. The van der Waals surface area contributed by atoms with Crippen molar-refractivity contribution in [1.29, 1.82) is 0 Å². The highest BCUT2D eigenvalue weighted by molar-refractivity contribution is 6.31. The SMILES string of the molecule is CCC[C@@H](Oc1cc(Cl)cc2nccn12)c1ccccc1. The van der Waals surface area contributed by atoms with Crippen molar-refractivity contribution in [2.45, 2.75) is 25.9 Å². The van der Waals surface area contributed by atoms with Gasteiger partial charge < -0.3 is 4.74 Å². The van der Waals surface area contributed by atoms with E-state index in [-0.39, 0.29) is 6.10 Å². The van der Waals surface area contributed by atoms with Gasteiger partial charge in [0, 0.05) is 29.5 Å². The minimum absolute atomic E-state index is 0.0141. The van der Waals surface area contributed by atoms with E-state index in [1.807, 2.05) is 40.9 Å². The zero-order valence-corrected chi connectivity index (χ0v) is 12.6. The molecule has 0 saturated heterocycles. The molecule has 0 saturated carbocycles. The lowest BCUT2D eigenvalue weighted by atomic mass is 10.1. The van der Waals surface area contributed by atoms with Crippen molar-refractivity contribution in [3.63, 3.8) is 0 Å². The number of rotatable bonds is 5. The van der Waals surface area contributed by atoms with Crippen LogP contribution in [0.2, 0.25) is 5.02 Å². The van der Waals surface area contributed by atoms with E-state index in [1.165, 1.54) is 5.56 Å². The van der Waals surface area contributed by atoms with Crippen LogP contribution < -0.4 is 4.74 Å². The highest BCUT2D eigenvalue weighted by Crippen LogP contribution is 2.28. The van der Waals surface area contributed by atoms with Crippen LogP contribution in [0, 0.1) is 0 Å². The summed E-state index contributed by atoms with van der Waals surface area (Å²) in [6, 6.07) is 13.9. The molecule has 21 heavy (non-hydrogen) atoms. The Balaban J connectivity index is 1.96. The first-order valence-electron chi connectivity index (χ1n) is 7.12. The maximum Gasteiger partial charge on any atom is 0.201 e. The van der Waals surface area contributed by atoms with Gasteiger partial charge in [-0.2, -0.15) is 0 Å². The largest absolute Gasteiger partial charge is 0.470 e. The second-order valence-corrected chi connectivity index (χ2v) is 5.41. The van der Waals surface area contributed by atoms with Gasteiger partial charge in [0.15, 0.2) is 0 Å². The first kappa shape index (κ1) is 14.0. The molecule has 0 bridgehead atoms. The molecule has 1 atom stereocenters. The molecule has 108 valence electrons. The molecule has 2 heterocycles. The number of hydrogen-bond donors (Lipinski definition) is 0. The van der Waals surface area contributed by atoms with Gasteiger partial charge in [0.05, 0.1) is 0 Å². The lowest BCUT2D eigenvalue weighted by molar-refractivity contribution is 0.183. The molecule has 0 aliphatic heterocycles. The Hall–Kier alpha value is -2.00. The molecule has 0 unspecified atom stereocenters. The number of benzene rings is 1. The minimum atomic E-state index is 0.0141. The molecule has 2 aromatic heterocycles. The number of aromatic nitrogens is 2. The summed E-state index contributed by atoms with van der Waals surface area (Å²) >= 11 is 6.15. The van der Waals surface area contributed by atoms with Crippen LogP contribution in [0.1, 0.15) is 31.4 Å². The van der Waals surface area contributed by atoms with Crippen molar-refractivity contribution >= 4 is 17.2 Å². The van der Waals surface area contributed by atoms with Crippen LogP contribution in [0.5, 0.6) is 5.88 Å². The zero-order chi connectivity index (χ0) is 14.7. The smallest absolute Gasteiger partial charge is 0.201 e. The third-order valence-electron chi connectivity index (χ3n) is 3.42. The van der Waals surface area contributed by atoms with E-state index in [0.29, 0.717) is 5.02 Å². The van der Waals surface area contributed by atoms with Crippen LogP contribution in [0.15, 0.2) is 54.9 Å². The van der Waals surface area contributed by atoms with Crippen molar-refractivity contribution < 1.29 is 4.74 Å². The summed E-state index contributed by atoms with van der Waals surface area (Å²) in [5.41, 5.74) is 1.97. The molecule has 0 radical (unpaired) electrons. The molecular weight excluding hydrogens is 284 g/mol. The van der Waals surface area contributed by atoms with E-state index in [9.17, 15) is 0 Å². The van der Waals surface area contributed by atoms with Crippen molar-refractivity contribution in [3.05, 3.63) is 65.4 Å². The molecule has 3 nitrogen and oxygen atoms in total. The molecule has 0 spiro atoms. The van der Waals surface area contributed by atoms with Crippen LogP contribution in [0.3, 0.4) is 0 Å². The average molecular weight is 301 g/mol. The Kier molecular flexibility index (Phi) is 4.11. The maximum atomic E-state index is 6.23. The van der Waals surface area contributed by atoms with Gasteiger partial charge in [0.25, 0.3) is 0 Å². The van der Waals surface area contributed by atoms with E-state index in [0.717, 1.165) is 24.4 Å². The Morgan fingerprint density at radius 3 is 2.81 bits per heavy atom. The number of pyridine rings is 1. The van der Waals surface area contributed by atoms with Gasteiger partial charge in [0.1, 0.15) is 11.8 Å². The highest BCUT2D eigenvalue weighted by atomic mass is 35.5. The number of fused-ring (bicyclic) bond motifs is 1. The Morgan fingerprint density at radius 1 is 1.24 bits per heavy atom. The van der Waals surface area contributed by atoms with Crippen LogP contribution >= 0.6 is 11.6 Å². The van der Waals surface area contributed by atoms with Crippen molar-refractivity contribution in [1.82, 2.24) is 9.38 Å². The van der Waals surface area contributed by atoms with E-state index >= 15 is 0 Å². The van der Waals surface area contributed by atoms with Crippen LogP contribution in [-0.4, -0.2) is 9.38 Å². The van der Waals surface area contributed by atoms with E-state index in [4.69, 9.17) is 16.3 Å². The summed E-state index contributed by atoms with van der Waals surface area (Å²) in [6.45, 7) is 2.16. The predicted molar refractivity (Wildman–Crippen MR) is 84.9 cm³/mol. The van der Waals surface area contributed by atoms with Gasteiger partial charge in [-0.05, 0) is 12.0 Å². The second kappa shape index (κ2) is 6.19. The molecule has 0 fully saturated rings. The molecule has 0 N–H and O–H groups in total. The average Bonchev–Trinajstić information content (AvgIpc) is 2.96. The number of halogens is 1. The van der Waals surface area contributed by atoms with E-state index in [2.05, 4.69) is 24.0 Å². The van der Waals surface area contributed by atoms with Gasteiger partial charge in [0.2, 0.25) is 5.88 Å². The van der Waals surface area contributed by atoms with Crippen molar-refractivity contribution in [2.75, 3.05) is 0 Å². The third-order valence-corrected chi connectivity index (χ3v) is 3.64. The van der Waals surface area contributed by atoms with E-state index < -0.39 is 0 Å². The van der Waals surface area contributed by atoms with Gasteiger partial charge in [-0.15, -0.1) is 0 Å². The number of imidazole rings is 1. The molecule has 1 aromatic carbocycles. The Bertz CT molecular complexity index is 724. The lowest BCUT2D eigenvalue weighted by Crippen LogP contribution is -2.09. The van der Waals surface area contributed by atoms with Crippen LogP contribution in [0.4, 0.5) is 0 Å². The monoisotopic (exact) mass is 300 g/mol. The van der Waals surface area contributed by atoms with Crippen molar-refractivity contribution in [3.8, 4) is 5.88 Å².